The molecule has 5 rings (SSSR count). The number of hydrogen-bond acceptors (Lipinski definition) is 5. The van der Waals surface area contributed by atoms with Crippen LogP contribution in [0.2, 0.25) is 0 Å². The van der Waals surface area contributed by atoms with Gasteiger partial charge in [-0.2, -0.15) is 5.10 Å². The van der Waals surface area contributed by atoms with Crippen LogP contribution in [0.1, 0.15) is 56.8 Å². The monoisotopic (exact) mass is 425 g/mol. The molecule has 2 aromatic rings. The van der Waals surface area contributed by atoms with Gasteiger partial charge < -0.3 is 19.5 Å². The zero-order valence-corrected chi connectivity index (χ0v) is 18.2. The first-order valence-electron chi connectivity index (χ1n) is 11.3. The minimum atomic E-state index is -0.446. The number of aromatic nitrogens is 2. The molecule has 31 heavy (non-hydrogen) atoms. The molecule has 166 valence electrons. The highest BCUT2D eigenvalue weighted by Gasteiger charge is 2.52. The zero-order chi connectivity index (χ0) is 21.6. The number of carbonyl (C=O) groups is 1. The van der Waals surface area contributed by atoms with Crippen LogP contribution < -0.4 is 4.74 Å². The fourth-order valence-electron chi connectivity index (χ4n) is 5.55. The van der Waals surface area contributed by atoms with Gasteiger partial charge in [0, 0.05) is 43.1 Å². The van der Waals surface area contributed by atoms with Gasteiger partial charge in [0.15, 0.2) is 11.5 Å². The lowest BCUT2D eigenvalue weighted by atomic mass is 9.70. The maximum absolute atomic E-state index is 12.8. The van der Waals surface area contributed by atoms with Gasteiger partial charge in [-0.15, -0.1) is 0 Å². The van der Waals surface area contributed by atoms with Crippen molar-refractivity contribution in [2.24, 2.45) is 11.8 Å². The average Bonchev–Trinajstić information content (AvgIpc) is 3.26. The average molecular weight is 426 g/mol. The fourth-order valence-corrected chi connectivity index (χ4v) is 5.55. The van der Waals surface area contributed by atoms with Crippen LogP contribution in [0.5, 0.6) is 11.5 Å². The van der Waals surface area contributed by atoms with Gasteiger partial charge in [-0.25, -0.2) is 0 Å². The molecule has 0 bridgehead atoms. The van der Waals surface area contributed by atoms with E-state index in [-0.39, 0.29) is 29.8 Å². The first kappa shape index (κ1) is 20.4. The molecule has 2 fully saturated rings. The number of phenolic OH excluding ortho intramolecular Hbond substituents is 1. The Bertz CT molecular complexity index is 942. The standard InChI is InChI=1S/C24H31N3O4/c1-24(2)18-11-16-14-27(21(29)8-3-5-15-12-25-26-13-15)10-9-20(16)30-22(18)17-6-4-7-19(28)23(17)31-24/h4,6-7,12-13,16,18,20,22,28H,3,5,8-11,14H2,1-2H3,(H,25,26)/t16-,18+,20+,22-/m0/s1. The van der Waals surface area contributed by atoms with E-state index in [2.05, 4.69) is 24.0 Å². The van der Waals surface area contributed by atoms with Crippen LogP contribution >= 0.6 is 0 Å². The van der Waals surface area contributed by atoms with Gasteiger partial charge in [0.1, 0.15) is 5.60 Å². The third-order valence-corrected chi connectivity index (χ3v) is 7.26. The van der Waals surface area contributed by atoms with Crippen LogP contribution in [-0.2, 0) is 16.0 Å². The van der Waals surface area contributed by atoms with E-state index in [4.69, 9.17) is 9.47 Å². The maximum Gasteiger partial charge on any atom is 0.222 e. The van der Waals surface area contributed by atoms with Crippen molar-refractivity contribution in [1.82, 2.24) is 15.1 Å². The summed E-state index contributed by atoms with van der Waals surface area (Å²) in [4.78, 5) is 14.8. The highest BCUT2D eigenvalue weighted by molar-refractivity contribution is 5.76. The SMILES string of the molecule is CC1(C)Oc2c(O)cccc2[C@@H]2O[C@@H]3CCN(C(=O)CCCc4cn[nH]c4)C[C@@H]3C[C@H]21. The smallest absolute Gasteiger partial charge is 0.222 e. The number of nitrogens with one attached hydrogen (secondary N) is 1. The lowest BCUT2D eigenvalue weighted by molar-refractivity contribution is -0.189. The van der Waals surface area contributed by atoms with Crippen molar-refractivity contribution >= 4 is 5.91 Å². The fraction of sp³-hybridized carbons (Fsp3) is 0.583. The Morgan fingerprint density at radius 2 is 2.26 bits per heavy atom. The number of aromatic hydroxyl groups is 1. The summed E-state index contributed by atoms with van der Waals surface area (Å²) in [5.41, 5.74) is 1.64. The van der Waals surface area contributed by atoms with Crippen LogP contribution in [0.4, 0.5) is 0 Å². The van der Waals surface area contributed by atoms with Crippen LogP contribution in [0, 0.1) is 11.8 Å². The van der Waals surface area contributed by atoms with Gasteiger partial charge in [-0.05, 0) is 51.2 Å². The van der Waals surface area contributed by atoms with Gasteiger partial charge in [0.05, 0.1) is 18.4 Å². The number of aryl methyl sites for hydroxylation is 1. The molecule has 0 aliphatic carbocycles. The second-order valence-corrected chi connectivity index (χ2v) is 9.69. The van der Waals surface area contributed by atoms with Crippen molar-refractivity contribution in [1.29, 1.82) is 0 Å². The largest absolute Gasteiger partial charge is 0.504 e. The van der Waals surface area contributed by atoms with E-state index in [1.807, 2.05) is 29.4 Å². The molecule has 2 N–H and O–H groups in total. The van der Waals surface area contributed by atoms with Crippen LogP contribution in [-0.4, -0.2) is 50.9 Å². The molecule has 1 aromatic heterocycles. The number of piperidine rings is 1. The summed E-state index contributed by atoms with van der Waals surface area (Å²) in [7, 11) is 0. The maximum atomic E-state index is 12.8. The topological polar surface area (TPSA) is 87.7 Å². The Hall–Kier alpha value is -2.54. The Kier molecular flexibility index (Phi) is 5.16. The quantitative estimate of drug-likeness (QED) is 0.781. The van der Waals surface area contributed by atoms with Crippen molar-refractivity contribution in [2.45, 2.75) is 63.8 Å². The lowest BCUT2D eigenvalue weighted by Gasteiger charge is -2.53. The molecule has 4 atom stereocenters. The molecule has 3 aliphatic rings. The number of benzene rings is 1. The summed E-state index contributed by atoms with van der Waals surface area (Å²) in [6, 6.07) is 5.52. The molecule has 7 nitrogen and oxygen atoms in total. The molecule has 0 radical (unpaired) electrons. The van der Waals surface area contributed by atoms with Crippen molar-refractivity contribution in [3.63, 3.8) is 0 Å². The zero-order valence-electron chi connectivity index (χ0n) is 18.2. The molecule has 7 heteroatoms. The second-order valence-electron chi connectivity index (χ2n) is 9.69. The third kappa shape index (κ3) is 3.80. The van der Waals surface area contributed by atoms with Gasteiger partial charge >= 0.3 is 0 Å². The molecular weight excluding hydrogens is 394 g/mol. The predicted molar refractivity (Wildman–Crippen MR) is 115 cm³/mol. The van der Waals surface area contributed by atoms with Gasteiger partial charge in [-0.3, -0.25) is 9.89 Å². The molecule has 4 heterocycles. The van der Waals surface area contributed by atoms with E-state index in [0.29, 0.717) is 18.1 Å². The molecule has 2 saturated heterocycles. The van der Waals surface area contributed by atoms with E-state index >= 15 is 0 Å². The second kappa shape index (κ2) is 7.86. The van der Waals surface area contributed by atoms with Gasteiger partial charge in [0.2, 0.25) is 5.91 Å². The number of fused-ring (bicyclic) bond motifs is 4. The molecule has 1 aromatic carbocycles. The number of amides is 1. The number of rotatable bonds is 4. The number of nitrogens with zero attached hydrogens (tertiary/aromatic N) is 2. The van der Waals surface area contributed by atoms with Crippen LogP contribution in [0.25, 0.3) is 0 Å². The Morgan fingerprint density at radius 1 is 1.39 bits per heavy atom. The number of hydrogen-bond donors (Lipinski definition) is 2. The molecular formula is C24H31N3O4. The van der Waals surface area contributed by atoms with Crippen molar-refractivity contribution < 1.29 is 19.4 Å². The lowest BCUT2D eigenvalue weighted by Crippen LogP contribution is -2.56. The van der Waals surface area contributed by atoms with Crippen LogP contribution in [0.3, 0.4) is 0 Å². The Labute approximate surface area is 182 Å². The highest BCUT2D eigenvalue weighted by atomic mass is 16.5. The van der Waals surface area contributed by atoms with E-state index in [1.54, 1.807) is 6.07 Å². The Morgan fingerprint density at radius 3 is 3.06 bits per heavy atom. The third-order valence-electron chi connectivity index (χ3n) is 7.26. The summed E-state index contributed by atoms with van der Waals surface area (Å²) in [6.45, 7) is 5.65. The minimum Gasteiger partial charge on any atom is -0.504 e. The number of phenols is 1. The first-order chi connectivity index (χ1) is 14.9. The molecule has 0 unspecified atom stereocenters. The van der Waals surface area contributed by atoms with Gasteiger partial charge in [-0.1, -0.05) is 12.1 Å². The predicted octanol–water partition coefficient (Wildman–Crippen LogP) is 3.60. The summed E-state index contributed by atoms with van der Waals surface area (Å²) in [6.07, 6.45) is 7.85. The Balaban J connectivity index is 1.25. The molecule has 0 spiro atoms. The summed E-state index contributed by atoms with van der Waals surface area (Å²) >= 11 is 0. The van der Waals surface area contributed by atoms with Gasteiger partial charge in [0.25, 0.3) is 0 Å². The molecule has 1 amide bonds. The highest BCUT2D eigenvalue weighted by Crippen LogP contribution is 2.54. The summed E-state index contributed by atoms with van der Waals surface area (Å²) < 4.78 is 12.9. The first-order valence-corrected chi connectivity index (χ1v) is 11.3. The number of aromatic amines is 1. The normalized spacial score (nSPS) is 28.8. The molecule has 0 saturated carbocycles. The van der Waals surface area contributed by atoms with Crippen molar-refractivity contribution in [3.05, 3.63) is 41.7 Å². The van der Waals surface area contributed by atoms with Crippen molar-refractivity contribution in [2.75, 3.05) is 13.1 Å². The van der Waals surface area contributed by atoms with E-state index < -0.39 is 5.60 Å². The number of ether oxygens (including phenoxy) is 2. The van der Waals surface area contributed by atoms with Crippen LogP contribution in [0.15, 0.2) is 30.6 Å². The number of likely N-dealkylation sites (tertiary alicyclic amines) is 1. The summed E-state index contributed by atoms with van der Waals surface area (Å²) in [5.74, 6) is 1.45. The van der Waals surface area contributed by atoms with E-state index in [1.165, 1.54) is 0 Å². The van der Waals surface area contributed by atoms with E-state index in [0.717, 1.165) is 49.9 Å². The number of para-hydroxylation sites is 1. The summed E-state index contributed by atoms with van der Waals surface area (Å²) in [5, 5.41) is 17.1. The van der Waals surface area contributed by atoms with Crippen molar-refractivity contribution in [3.8, 4) is 11.5 Å². The number of carbonyl (C=O) groups excluding carboxylic acids is 1. The minimum absolute atomic E-state index is 0.0793. The van der Waals surface area contributed by atoms with E-state index in [9.17, 15) is 9.90 Å². The molecule has 3 aliphatic heterocycles. The number of H-pyrrole nitrogens is 1.